The standard InChI is InChI=1S/C12H18N2O4S/c1-4-9(2)11(12(15)18-3)14-19(16,17)10-7-5-6-8-13-10/h5-9,11,14H,4H2,1-3H3/t9-,11+/m1/s1. The molecule has 1 rings (SSSR count). The molecule has 0 saturated heterocycles. The fraction of sp³-hybridized carbons (Fsp3) is 0.500. The third kappa shape index (κ3) is 4.00. The zero-order valence-electron chi connectivity index (χ0n) is 11.2. The minimum absolute atomic E-state index is 0.118. The Labute approximate surface area is 113 Å². The first-order valence-corrected chi connectivity index (χ1v) is 7.42. The lowest BCUT2D eigenvalue weighted by atomic mass is 10.0. The van der Waals surface area contributed by atoms with Crippen LogP contribution in [0.5, 0.6) is 0 Å². The number of pyridine rings is 1. The second-order valence-corrected chi connectivity index (χ2v) is 5.84. The van der Waals surface area contributed by atoms with Gasteiger partial charge in [-0.2, -0.15) is 4.72 Å². The first-order valence-electron chi connectivity index (χ1n) is 5.93. The van der Waals surface area contributed by atoms with Crippen LogP contribution in [0.15, 0.2) is 29.4 Å². The minimum Gasteiger partial charge on any atom is -0.468 e. The van der Waals surface area contributed by atoms with Crippen LogP contribution >= 0.6 is 0 Å². The molecule has 106 valence electrons. The highest BCUT2D eigenvalue weighted by molar-refractivity contribution is 7.89. The number of ether oxygens (including phenoxy) is 1. The number of esters is 1. The average molecular weight is 286 g/mol. The lowest BCUT2D eigenvalue weighted by Crippen LogP contribution is -2.45. The summed E-state index contributed by atoms with van der Waals surface area (Å²) in [6.07, 6.45) is 2.02. The zero-order valence-corrected chi connectivity index (χ0v) is 12.0. The van der Waals surface area contributed by atoms with Gasteiger partial charge in [0, 0.05) is 6.20 Å². The van der Waals surface area contributed by atoms with Crippen LogP contribution in [0.3, 0.4) is 0 Å². The van der Waals surface area contributed by atoms with Crippen molar-refractivity contribution in [2.75, 3.05) is 7.11 Å². The van der Waals surface area contributed by atoms with Crippen LogP contribution in [0.4, 0.5) is 0 Å². The van der Waals surface area contributed by atoms with E-state index in [0.29, 0.717) is 6.42 Å². The number of sulfonamides is 1. The molecule has 6 nitrogen and oxygen atoms in total. The highest BCUT2D eigenvalue weighted by Gasteiger charge is 2.30. The number of aromatic nitrogens is 1. The van der Waals surface area contributed by atoms with Crippen LogP contribution in [0.2, 0.25) is 0 Å². The lowest BCUT2D eigenvalue weighted by molar-refractivity contribution is -0.143. The maximum absolute atomic E-state index is 12.1. The van der Waals surface area contributed by atoms with E-state index >= 15 is 0 Å². The Morgan fingerprint density at radius 3 is 2.63 bits per heavy atom. The number of carbonyl (C=O) groups is 1. The Morgan fingerprint density at radius 1 is 1.47 bits per heavy atom. The summed E-state index contributed by atoms with van der Waals surface area (Å²) in [5.74, 6) is -0.778. The molecular formula is C12H18N2O4S. The molecule has 2 atom stereocenters. The first-order chi connectivity index (χ1) is 8.92. The fourth-order valence-corrected chi connectivity index (χ4v) is 2.73. The van der Waals surface area contributed by atoms with Gasteiger partial charge in [0.05, 0.1) is 7.11 Å². The summed E-state index contributed by atoms with van der Waals surface area (Å²) < 4.78 is 31.2. The molecule has 1 aromatic rings. The molecule has 1 heterocycles. The van der Waals surface area contributed by atoms with E-state index in [4.69, 9.17) is 0 Å². The molecule has 0 aliphatic heterocycles. The summed E-state index contributed by atoms with van der Waals surface area (Å²) >= 11 is 0. The molecule has 1 aromatic heterocycles. The van der Waals surface area contributed by atoms with Crippen LogP contribution < -0.4 is 4.72 Å². The number of hydrogen-bond acceptors (Lipinski definition) is 5. The Bertz CT molecular complexity index is 516. The summed E-state index contributed by atoms with van der Waals surface area (Å²) in [6.45, 7) is 3.65. The van der Waals surface area contributed by atoms with Crippen LogP contribution in [0.25, 0.3) is 0 Å². The quantitative estimate of drug-likeness (QED) is 0.787. The highest BCUT2D eigenvalue weighted by Crippen LogP contribution is 2.13. The molecule has 0 radical (unpaired) electrons. The molecule has 1 N–H and O–H groups in total. The average Bonchev–Trinajstić information content (AvgIpc) is 2.44. The minimum atomic E-state index is -3.83. The SMILES string of the molecule is CC[C@@H](C)[C@H](NS(=O)(=O)c1ccccn1)C(=O)OC. The summed E-state index contributed by atoms with van der Waals surface area (Å²) in [4.78, 5) is 15.4. The van der Waals surface area contributed by atoms with Gasteiger partial charge >= 0.3 is 5.97 Å². The molecule has 0 unspecified atom stereocenters. The van der Waals surface area contributed by atoms with Gasteiger partial charge in [-0.05, 0) is 18.1 Å². The number of nitrogens with one attached hydrogen (secondary N) is 1. The van der Waals surface area contributed by atoms with Gasteiger partial charge < -0.3 is 4.74 Å². The Kier molecular flexibility index (Phi) is 5.44. The summed E-state index contributed by atoms with van der Waals surface area (Å²) in [5, 5.41) is -0.118. The molecule has 0 bridgehead atoms. The number of methoxy groups -OCH3 is 1. The third-order valence-corrected chi connectivity index (χ3v) is 4.22. The summed E-state index contributed by atoms with van der Waals surface area (Å²) in [6, 6.07) is 3.64. The Balaban J connectivity index is 2.99. The van der Waals surface area contributed by atoms with Gasteiger partial charge in [-0.3, -0.25) is 4.79 Å². The van der Waals surface area contributed by atoms with Crippen molar-refractivity contribution in [1.82, 2.24) is 9.71 Å². The van der Waals surface area contributed by atoms with Crippen LogP contribution in [-0.4, -0.2) is 32.5 Å². The molecule has 19 heavy (non-hydrogen) atoms. The molecule has 0 amide bonds. The first kappa shape index (κ1) is 15.6. The van der Waals surface area contributed by atoms with Crippen molar-refractivity contribution in [3.8, 4) is 0 Å². The van der Waals surface area contributed by atoms with Crippen LogP contribution in [0, 0.1) is 5.92 Å². The summed E-state index contributed by atoms with van der Waals surface area (Å²) in [7, 11) is -2.60. The predicted molar refractivity (Wildman–Crippen MR) is 69.8 cm³/mol. The Morgan fingerprint density at radius 2 is 2.16 bits per heavy atom. The van der Waals surface area contributed by atoms with E-state index in [-0.39, 0.29) is 10.9 Å². The topological polar surface area (TPSA) is 85.4 Å². The van der Waals surface area contributed by atoms with Crippen molar-refractivity contribution < 1.29 is 17.9 Å². The van der Waals surface area contributed by atoms with E-state index in [0.717, 1.165) is 0 Å². The number of nitrogens with zero attached hydrogens (tertiary/aromatic N) is 1. The Hall–Kier alpha value is -1.47. The number of carbonyl (C=O) groups excluding carboxylic acids is 1. The monoisotopic (exact) mass is 286 g/mol. The molecule has 0 aliphatic rings. The van der Waals surface area contributed by atoms with Gasteiger partial charge in [-0.1, -0.05) is 26.3 Å². The highest BCUT2D eigenvalue weighted by atomic mass is 32.2. The van der Waals surface area contributed by atoms with E-state index in [9.17, 15) is 13.2 Å². The third-order valence-electron chi connectivity index (χ3n) is 2.86. The molecule has 0 fully saturated rings. The maximum atomic E-state index is 12.1. The second-order valence-electron chi connectivity index (χ2n) is 4.18. The van der Waals surface area contributed by atoms with Gasteiger partial charge in [-0.15, -0.1) is 0 Å². The van der Waals surface area contributed by atoms with Gasteiger partial charge in [0.15, 0.2) is 5.03 Å². The van der Waals surface area contributed by atoms with E-state index in [1.54, 1.807) is 19.1 Å². The fourth-order valence-electron chi connectivity index (χ4n) is 1.49. The molecular weight excluding hydrogens is 268 g/mol. The van der Waals surface area contributed by atoms with Gasteiger partial charge in [0.1, 0.15) is 6.04 Å². The molecule has 0 aliphatic carbocycles. The van der Waals surface area contributed by atoms with E-state index in [1.807, 2.05) is 6.92 Å². The zero-order chi connectivity index (χ0) is 14.5. The van der Waals surface area contributed by atoms with E-state index in [2.05, 4.69) is 14.4 Å². The molecule has 0 aromatic carbocycles. The van der Waals surface area contributed by atoms with Crippen molar-refractivity contribution in [2.24, 2.45) is 5.92 Å². The van der Waals surface area contributed by atoms with Gasteiger partial charge in [-0.25, -0.2) is 13.4 Å². The maximum Gasteiger partial charge on any atom is 0.324 e. The molecule has 7 heteroatoms. The van der Waals surface area contributed by atoms with E-state index in [1.165, 1.54) is 19.4 Å². The normalized spacial score (nSPS) is 14.7. The number of rotatable bonds is 6. The van der Waals surface area contributed by atoms with Crippen molar-refractivity contribution in [3.63, 3.8) is 0 Å². The van der Waals surface area contributed by atoms with Crippen molar-refractivity contribution >= 4 is 16.0 Å². The predicted octanol–water partition coefficient (Wildman–Crippen LogP) is 0.948. The van der Waals surface area contributed by atoms with Crippen LogP contribution in [0.1, 0.15) is 20.3 Å². The lowest BCUT2D eigenvalue weighted by Gasteiger charge is -2.21. The van der Waals surface area contributed by atoms with E-state index < -0.39 is 22.0 Å². The molecule has 0 saturated carbocycles. The van der Waals surface area contributed by atoms with Crippen molar-refractivity contribution in [1.29, 1.82) is 0 Å². The molecule has 0 spiro atoms. The number of hydrogen-bond donors (Lipinski definition) is 1. The summed E-state index contributed by atoms with van der Waals surface area (Å²) in [5.41, 5.74) is 0. The largest absolute Gasteiger partial charge is 0.468 e. The van der Waals surface area contributed by atoms with Gasteiger partial charge in [0.25, 0.3) is 10.0 Å². The van der Waals surface area contributed by atoms with Crippen molar-refractivity contribution in [2.45, 2.75) is 31.3 Å². The van der Waals surface area contributed by atoms with Crippen LogP contribution in [-0.2, 0) is 19.6 Å². The second kappa shape index (κ2) is 6.63. The van der Waals surface area contributed by atoms with Gasteiger partial charge in [0.2, 0.25) is 0 Å². The smallest absolute Gasteiger partial charge is 0.324 e. The van der Waals surface area contributed by atoms with Crippen molar-refractivity contribution in [3.05, 3.63) is 24.4 Å².